The van der Waals surface area contributed by atoms with Crippen LogP contribution in [0.2, 0.25) is 0 Å². The van der Waals surface area contributed by atoms with Gasteiger partial charge >= 0.3 is 0 Å². The van der Waals surface area contributed by atoms with Crippen LogP contribution in [0.25, 0.3) is 0 Å². The Morgan fingerprint density at radius 3 is 1.22 bits per heavy atom. The van der Waals surface area contributed by atoms with Crippen LogP contribution >= 0.6 is 17.0 Å². The zero-order valence-electron chi connectivity index (χ0n) is 4.53. The Balaban J connectivity index is 0.000000640. The molecular weight excluding hydrogens is 184 g/mol. The maximum Gasteiger partial charge on any atom is 0.178 e. The molecule has 0 atom stereocenters. The fourth-order valence-electron chi connectivity index (χ4n) is 0.440. The molecule has 0 aromatic rings. The normalized spacial score (nSPS) is 15.6. The van der Waals surface area contributed by atoms with Crippen molar-refractivity contribution in [1.82, 2.24) is 0 Å². The molecule has 0 fully saturated rings. The molecule has 0 radical (unpaired) electrons. The summed E-state index contributed by atoms with van der Waals surface area (Å²) in [6.07, 6.45) is 5.01. The van der Waals surface area contributed by atoms with E-state index in [1.54, 1.807) is 0 Å². The molecule has 0 spiro atoms. The first-order valence-corrected chi connectivity index (χ1v) is 2.23. The Kier molecular flexibility index (Phi) is 3.09. The highest BCUT2D eigenvalue weighted by molar-refractivity contribution is 8.93. The highest BCUT2D eigenvalue weighted by atomic mass is 79.9. The summed E-state index contributed by atoms with van der Waals surface area (Å²) in [7, 11) is 0. The van der Waals surface area contributed by atoms with Gasteiger partial charge in [-0.05, 0) is 24.3 Å². The van der Waals surface area contributed by atoms with Gasteiger partial charge in [0, 0.05) is 0 Å². The fourth-order valence-corrected chi connectivity index (χ4v) is 0.440. The van der Waals surface area contributed by atoms with Crippen molar-refractivity contribution in [2.24, 2.45) is 0 Å². The van der Waals surface area contributed by atoms with Crippen LogP contribution in [0.3, 0.4) is 0 Å². The van der Waals surface area contributed by atoms with E-state index in [1.165, 1.54) is 24.3 Å². The van der Waals surface area contributed by atoms with Crippen molar-refractivity contribution in [3.63, 3.8) is 0 Å². The number of halogens is 1. The number of allylic oxidation sites excluding steroid dienone is 4. The first kappa shape index (κ1) is 8.30. The lowest BCUT2D eigenvalue weighted by Gasteiger charge is -1.87. The minimum absolute atomic E-state index is 0. The van der Waals surface area contributed by atoms with Crippen molar-refractivity contribution in [2.75, 3.05) is 0 Å². The van der Waals surface area contributed by atoms with Gasteiger partial charge in [0.1, 0.15) is 0 Å². The molecule has 0 bridgehead atoms. The van der Waals surface area contributed by atoms with Crippen molar-refractivity contribution in [3.05, 3.63) is 24.3 Å². The second-order valence-electron chi connectivity index (χ2n) is 1.47. The van der Waals surface area contributed by atoms with Crippen molar-refractivity contribution in [2.45, 2.75) is 0 Å². The highest BCUT2D eigenvalue weighted by Gasteiger charge is 1.97. The number of carbonyl (C=O) groups is 2. The Morgan fingerprint density at radius 1 is 0.778 bits per heavy atom. The second-order valence-corrected chi connectivity index (χ2v) is 1.47. The van der Waals surface area contributed by atoms with Crippen molar-refractivity contribution in [3.8, 4) is 0 Å². The van der Waals surface area contributed by atoms with Gasteiger partial charge < -0.3 is 0 Å². The molecule has 0 unspecified atom stereocenters. The van der Waals surface area contributed by atoms with E-state index >= 15 is 0 Å². The first-order valence-electron chi connectivity index (χ1n) is 2.23. The average molecular weight is 189 g/mol. The lowest BCUT2D eigenvalue weighted by Crippen LogP contribution is -1.97. The SMILES string of the molecule is Br.O=C1C=CC(=O)C=C1. The predicted octanol–water partition coefficient (Wildman–Crippen LogP) is 0.829. The van der Waals surface area contributed by atoms with E-state index < -0.39 is 0 Å². The van der Waals surface area contributed by atoms with E-state index in [1.807, 2.05) is 0 Å². The van der Waals surface area contributed by atoms with Crippen molar-refractivity contribution < 1.29 is 9.59 Å². The summed E-state index contributed by atoms with van der Waals surface area (Å²) in [4.78, 5) is 20.6. The molecule has 0 saturated heterocycles. The molecule has 0 N–H and O–H groups in total. The minimum atomic E-state index is -0.121. The lowest BCUT2D eigenvalue weighted by molar-refractivity contribution is -0.113. The molecule has 0 saturated carbocycles. The standard InChI is InChI=1S/C6H4O2.BrH/c7-5-1-2-6(8)4-3-5;/h1-4H;1H. The Morgan fingerprint density at radius 2 is 1.00 bits per heavy atom. The molecule has 2 nitrogen and oxygen atoms in total. The predicted molar refractivity (Wildman–Crippen MR) is 38.6 cm³/mol. The van der Waals surface area contributed by atoms with E-state index in [2.05, 4.69) is 0 Å². The van der Waals surface area contributed by atoms with Crippen LogP contribution < -0.4 is 0 Å². The zero-order chi connectivity index (χ0) is 5.98. The monoisotopic (exact) mass is 188 g/mol. The van der Waals surface area contributed by atoms with Crippen LogP contribution in [-0.4, -0.2) is 11.6 Å². The van der Waals surface area contributed by atoms with E-state index in [9.17, 15) is 9.59 Å². The van der Waals surface area contributed by atoms with Crippen LogP contribution in [0.15, 0.2) is 24.3 Å². The van der Waals surface area contributed by atoms with E-state index in [0.717, 1.165) is 0 Å². The van der Waals surface area contributed by atoms with Gasteiger partial charge in [-0.15, -0.1) is 17.0 Å². The highest BCUT2D eigenvalue weighted by Crippen LogP contribution is 1.90. The summed E-state index contributed by atoms with van der Waals surface area (Å²) in [5, 5.41) is 0. The molecule has 1 aliphatic rings. The summed E-state index contributed by atoms with van der Waals surface area (Å²) in [6.45, 7) is 0. The number of ketones is 2. The molecule has 0 aromatic carbocycles. The number of hydrogen-bond acceptors (Lipinski definition) is 2. The summed E-state index contributed by atoms with van der Waals surface area (Å²) in [5.41, 5.74) is 0. The number of carbonyl (C=O) groups excluding carboxylic acids is 2. The van der Waals surface area contributed by atoms with Gasteiger partial charge in [0.2, 0.25) is 0 Å². The molecule has 0 heterocycles. The summed E-state index contributed by atoms with van der Waals surface area (Å²) in [6, 6.07) is 0. The molecule has 3 heteroatoms. The molecule has 1 rings (SSSR count). The molecular formula is C6H5BrO2. The maximum atomic E-state index is 10.3. The quantitative estimate of drug-likeness (QED) is 0.529. The Bertz CT molecular complexity index is 153. The first-order chi connectivity index (χ1) is 3.79. The number of rotatable bonds is 0. The zero-order valence-corrected chi connectivity index (χ0v) is 6.25. The van der Waals surface area contributed by atoms with Crippen LogP contribution in [0, 0.1) is 0 Å². The van der Waals surface area contributed by atoms with E-state index in [0.29, 0.717) is 0 Å². The molecule has 0 aliphatic heterocycles. The third-order valence-corrected chi connectivity index (χ3v) is 0.824. The van der Waals surface area contributed by atoms with Gasteiger partial charge in [-0.25, -0.2) is 0 Å². The van der Waals surface area contributed by atoms with Gasteiger partial charge in [-0.1, -0.05) is 0 Å². The van der Waals surface area contributed by atoms with Crippen molar-refractivity contribution in [1.29, 1.82) is 0 Å². The van der Waals surface area contributed by atoms with Gasteiger partial charge in [-0.2, -0.15) is 0 Å². The summed E-state index contributed by atoms with van der Waals surface area (Å²) >= 11 is 0. The minimum Gasteiger partial charge on any atom is -0.290 e. The second kappa shape index (κ2) is 3.35. The molecule has 0 amide bonds. The maximum absolute atomic E-state index is 10.3. The van der Waals surface area contributed by atoms with Crippen LogP contribution in [-0.2, 0) is 9.59 Å². The topological polar surface area (TPSA) is 34.1 Å². The van der Waals surface area contributed by atoms with Crippen LogP contribution in [0.4, 0.5) is 0 Å². The van der Waals surface area contributed by atoms with E-state index in [-0.39, 0.29) is 28.5 Å². The van der Waals surface area contributed by atoms with Gasteiger partial charge in [0.25, 0.3) is 0 Å². The lowest BCUT2D eigenvalue weighted by atomic mass is 10.2. The van der Waals surface area contributed by atoms with Gasteiger partial charge in [0.15, 0.2) is 11.6 Å². The average Bonchev–Trinajstić information content (AvgIpc) is 1.77. The third-order valence-electron chi connectivity index (χ3n) is 0.824. The largest absolute Gasteiger partial charge is 0.290 e. The van der Waals surface area contributed by atoms with E-state index in [4.69, 9.17) is 0 Å². The van der Waals surface area contributed by atoms with Crippen molar-refractivity contribution >= 4 is 28.5 Å². The summed E-state index contributed by atoms with van der Waals surface area (Å²) in [5.74, 6) is -0.241. The molecule has 48 valence electrons. The molecule has 1 aliphatic carbocycles. The Labute approximate surface area is 63.0 Å². The van der Waals surface area contributed by atoms with Gasteiger partial charge in [0.05, 0.1) is 0 Å². The van der Waals surface area contributed by atoms with Gasteiger partial charge in [-0.3, -0.25) is 9.59 Å². The fraction of sp³-hybridized carbons (Fsp3) is 0. The summed E-state index contributed by atoms with van der Waals surface area (Å²) < 4.78 is 0. The smallest absolute Gasteiger partial charge is 0.178 e. The van der Waals surface area contributed by atoms with Crippen LogP contribution in [0.1, 0.15) is 0 Å². The number of hydrogen-bond donors (Lipinski definition) is 0. The Hall–Kier alpha value is -0.700. The third kappa shape index (κ3) is 2.37. The molecule has 9 heavy (non-hydrogen) atoms. The van der Waals surface area contributed by atoms with Crippen LogP contribution in [0.5, 0.6) is 0 Å². The molecule has 0 aromatic heterocycles.